The van der Waals surface area contributed by atoms with Crippen LogP contribution >= 0.6 is 12.4 Å². The lowest BCUT2D eigenvalue weighted by Crippen LogP contribution is -2.42. The Labute approximate surface area is 200 Å². The van der Waals surface area contributed by atoms with Crippen molar-refractivity contribution in [3.05, 3.63) is 54.2 Å². The highest BCUT2D eigenvalue weighted by Crippen LogP contribution is 2.36. The first-order valence-electron chi connectivity index (χ1n) is 11.1. The molecule has 2 fully saturated rings. The molecule has 0 radical (unpaired) electrons. The molecule has 0 bridgehead atoms. The van der Waals surface area contributed by atoms with Crippen LogP contribution in [0, 0.1) is 11.8 Å². The van der Waals surface area contributed by atoms with Crippen molar-refractivity contribution in [2.75, 3.05) is 11.9 Å². The minimum atomic E-state index is -4.05. The van der Waals surface area contributed by atoms with Gasteiger partial charge in [-0.1, -0.05) is 38.2 Å². The van der Waals surface area contributed by atoms with E-state index in [2.05, 4.69) is 15.6 Å². The van der Waals surface area contributed by atoms with Crippen molar-refractivity contribution in [1.29, 1.82) is 0 Å². The van der Waals surface area contributed by atoms with Crippen molar-refractivity contribution in [1.82, 2.24) is 15.0 Å². The average Bonchev–Trinajstić information content (AvgIpc) is 3.31. The van der Waals surface area contributed by atoms with Crippen LogP contribution in [0.15, 0.2) is 53.7 Å². The van der Waals surface area contributed by atoms with Crippen LogP contribution in [0.4, 0.5) is 5.69 Å². The third-order valence-corrected chi connectivity index (χ3v) is 7.61. The smallest absolute Gasteiger partial charge is 0.281 e. The van der Waals surface area contributed by atoms with Gasteiger partial charge in [0.1, 0.15) is 0 Å². The van der Waals surface area contributed by atoms with Crippen molar-refractivity contribution in [2.45, 2.75) is 49.6 Å². The summed E-state index contributed by atoms with van der Waals surface area (Å²) in [5.74, 6) is 0.134. The fourth-order valence-corrected chi connectivity index (χ4v) is 5.67. The summed E-state index contributed by atoms with van der Waals surface area (Å²) >= 11 is 0. The Morgan fingerprint density at radius 1 is 0.970 bits per heavy atom. The number of pyridine rings is 1. The Balaban J connectivity index is 0.00000306. The van der Waals surface area contributed by atoms with E-state index in [9.17, 15) is 18.0 Å². The Bertz CT molecular complexity index is 1060. The molecular weight excluding hydrogens is 464 g/mol. The van der Waals surface area contributed by atoms with Crippen molar-refractivity contribution in [3.8, 4) is 0 Å². The zero-order valence-corrected chi connectivity index (χ0v) is 19.8. The van der Waals surface area contributed by atoms with Crippen LogP contribution in [0.3, 0.4) is 0 Å². The number of hydrogen-bond acceptors (Lipinski definition) is 6. The van der Waals surface area contributed by atoms with E-state index in [0.29, 0.717) is 17.5 Å². The second kappa shape index (κ2) is 11.1. The number of carbonyl (C=O) groups is 2. The SMILES string of the molecule is Cl.O=C(NS(=O)(=O)c1ccccn1)c1ccc(NC(=O)[C@H]2NCC[C@H]2C2CCCCC2)cc1. The number of anilines is 1. The van der Waals surface area contributed by atoms with E-state index in [-0.39, 0.29) is 34.9 Å². The summed E-state index contributed by atoms with van der Waals surface area (Å²) in [6.45, 7) is 0.850. The van der Waals surface area contributed by atoms with E-state index in [4.69, 9.17) is 0 Å². The number of benzene rings is 1. The van der Waals surface area contributed by atoms with Gasteiger partial charge in [0.15, 0.2) is 5.03 Å². The molecule has 2 aliphatic rings. The van der Waals surface area contributed by atoms with Crippen LogP contribution < -0.4 is 15.4 Å². The number of halogens is 1. The van der Waals surface area contributed by atoms with Gasteiger partial charge in [-0.2, -0.15) is 8.42 Å². The normalized spacial score (nSPS) is 21.1. The van der Waals surface area contributed by atoms with Crippen molar-refractivity contribution >= 4 is 39.9 Å². The first kappa shape index (κ1) is 25.1. The summed E-state index contributed by atoms with van der Waals surface area (Å²) in [7, 11) is -4.05. The fourth-order valence-electron chi connectivity index (χ4n) is 4.75. The summed E-state index contributed by atoms with van der Waals surface area (Å²) in [6.07, 6.45) is 8.53. The lowest BCUT2D eigenvalue weighted by Gasteiger charge is -2.30. The number of rotatable bonds is 6. The number of aromatic nitrogens is 1. The molecule has 1 aromatic carbocycles. The molecule has 1 aromatic heterocycles. The molecule has 8 nitrogen and oxygen atoms in total. The van der Waals surface area contributed by atoms with Crippen molar-refractivity contribution in [3.63, 3.8) is 0 Å². The van der Waals surface area contributed by atoms with Gasteiger partial charge in [0.25, 0.3) is 15.9 Å². The first-order valence-corrected chi connectivity index (χ1v) is 12.5. The quantitative estimate of drug-likeness (QED) is 0.570. The summed E-state index contributed by atoms with van der Waals surface area (Å²) in [6, 6.07) is 10.4. The highest BCUT2D eigenvalue weighted by molar-refractivity contribution is 7.90. The summed E-state index contributed by atoms with van der Waals surface area (Å²) in [5, 5.41) is 6.05. The second-order valence-electron chi connectivity index (χ2n) is 8.45. The Morgan fingerprint density at radius 2 is 1.70 bits per heavy atom. The van der Waals surface area contributed by atoms with Gasteiger partial charge in [0, 0.05) is 17.4 Å². The standard InChI is InChI=1S/C23H28N4O4S.ClH/c28-22(27-32(30,31)20-8-4-5-14-24-20)17-9-11-18(12-10-17)26-23(29)21-19(13-15-25-21)16-6-2-1-3-7-16;/h4-5,8-12,14,16,19,21,25H,1-3,6-7,13,15H2,(H,26,29)(H,27,28);1H/t19-,21-;/m0./s1. The second-order valence-corrected chi connectivity index (χ2v) is 10.1. The highest BCUT2D eigenvalue weighted by atomic mass is 35.5. The third kappa shape index (κ3) is 6.10. The number of nitrogens with zero attached hydrogens (tertiary/aromatic N) is 1. The van der Waals surface area contributed by atoms with E-state index in [1.54, 1.807) is 18.2 Å². The molecule has 1 saturated heterocycles. The predicted octanol–water partition coefficient (Wildman–Crippen LogP) is 3.12. The molecule has 3 N–H and O–H groups in total. The van der Waals surface area contributed by atoms with Crippen LogP contribution in [0.5, 0.6) is 0 Å². The minimum Gasteiger partial charge on any atom is -0.325 e. The van der Waals surface area contributed by atoms with Crippen LogP contribution in [0.2, 0.25) is 0 Å². The molecule has 33 heavy (non-hydrogen) atoms. The van der Waals surface area contributed by atoms with E-state index in [1.807, 2.05) is 4.72 Å². The third-order valence-electron chi connectivity index (χ3n) is 6.36. The number of sulfonamides is 1. The molecule has 1 aliphatic heterocycles. The monoisotopic (exact) mass is 492 g/mol. The molecule has 2 atom stereocenters. The molecule has 1 aliphatic carbocycles. The Hall–Kier alpha value is -2.49. The molecule has 10 heteroatoms. The predicted molar refractivity (Wildman–Crippen MR) is 128 cm³/mol. The minimum absolute atomic E-state index is 0. The molecule has 2 heterocycles. The molecule has 178 valence electrons. The van der Waals surface area contributed by atoms with Crippen molar-refractivity contribution in [2.24, 2.45) is 11.8 Å². The van der Waals surface area contributed by atoms with Crippen LogP contribution in [-0.2, 0) is 14.8 Å². The first-order chi connectivity index (χ1) is 15.4. The maximum absolute atomic E-state index is 12.9. The fraction of sp³-hybridized carbons (Fsp3) is 0.435. The van der Waals surface area contributed by atoms with Gasteiger partial charge in [-0.05, 0) is 61.2 Å². The van der Waals surface area contributed by atoms with E-state index in [0.717, 1.165) is 13.0 Å². The van der Waals surface area contributed by atoms with Crippen LogP contribution in [-0.4, -0.2) is 37.8 Å². The number of carbonyl (C=O) groups excluding carboxylic acids is 2. The molecule has 0 unspecified atom stereocenters. The van der Waals surface area contributed by atoms with Gasteiger partial charge in [0.05, 0.1) is 6.04 Å². The van der Waals surface area contributed by atoms with Gasteiger partial charge in [0.2, 0.25) is 5.91 Å². The molecule has 2 amide bonds. The van der Waals surface area contributed by atoms with Gasteiger partial charge in [-0.15, -0.1) is 12.4 Å². The van der Waals surface area contributed by atoms with Crippen LogP contribution in [0.25, 0.3) is 0 Å². The maximum Gasteiger partial charge on any atom is 0.281 e. The van der Waals surface area contributed by atoms with E-state index in [1.165, 1.54) is 62.6 Å². The van der Waals surface area contributed by atoms with Gasteiger partial charge >= 0.3 is 0 Å². The number of nitrogens with one attached hydrogen (secondary N) is 3. The van der Waals surface area contributed by atoms with Gasteiger partial charge in [-0.25, -0.2) is 9.71 Å². The van der Waals surface area contributed by atoms with Gasteiger partial charge < -0.3 is 10.6 Å². The summed E-state index contributed by atoms with van der Waals surface area (Å²) in [5.41, 5.74) is 0.733. The molecular formula is C23H29ClN4O4S. The zero-order chi connectivity index (χ0) is 22.6. The summed E-state index contributed by atoms with van der Waals surface area (Å²) in [4.78, 5) is 29.0. The van der Waals surface area contributed by atoms with Gasteiger partial charge in [-0.3, -0.25) is 9.59 Å². The van der Waals surface area contributed by atoms with Crippen molar-refractivity contribution < 1.29 is 18.0 Å². The molecule has 2 aromatic rings. The topological polar surface area (TPSA) is 117 Å². The highest BCUT2D eigenvalue weighted by Gasteiger charge is 2.38. The Morgan fingerprint density at radius 3 is 2.36 bits per heavy atom. The number of hydrogen-bond donors (Lipinski definition) is 3. The zero-order valence-electron chi connectivity index (χ0n) is 18.2. The van der Waals surface area contributed by atoms with Crippen LogP contribution in [0.1, 0.15) is 48.9 Å². The summed E-state index contributed by atoms with van der Waals surface area (Å²) < 4.78 is 26.6. The lowest BCUT2D eigenvalue weighted by molar-refractivity contribution is -0.119. The van der Waals surface area contributed by atoms with E-state index >= 15 is 0 Å². The average molecular weight is 493 g/mol. The molecule has 4 rings (SSSR count). The Kier molecular flexibility index (Phi) is 8.45. The van der Waals surface area contributed by atoms with E-state index < -0.39 is 15.9 Å². The largest absolute Gasteiger partial charge is 0.325 e. The number of amides is 2. The molecule has 1 saturated carbocycles. The lowest BCUT2D eigenvalue weighted by atomic mass is 9.76. The maximum atomic E-state index is 12.9. The molecule has 0 spiro atoms.